The molecule has 1 aliphatic rings. The SMILES string of the molecule is COc1cc(C)c(C)cc1N(C)C(=O)C1(CN)CC1. The topological polar surface area (TPSA) is 55.6 Å². The molecule has 0 spiro atoms. The smallest absolute Gasteiger partial charge is 0.234 e. The minimum Gasteiger partial charge on any atom is -0.495 e. The molecule has 0 radical (unpaired) electrons. The van der Waals surface area contributed by atoms with Gasteiger partial charge in [-0.25, -0.2) is 0 Å². The summed E-state index contributed by atoms with van der Waals surface area (Å²) in [5.41, 5.74) is 8.51. The molecule has 4 heteroatoms. The Hall–Kier alpha value is -1.55. The largest absolute Gasteiger partial charge is 0.495 e. The molecule has 0 bridgehead atoms. The monoisotopic (exact) mass is 262 g/mol. The van der Waals surface area contributed by atoms with Crippen molar-refractivity contribution in [2.24, 2.45) is 11.1 Å². The molecule has 1 aliphatic carbocycles. The third-order valence-electron chi connectivity index (χ3n) is 4.16. The van der Waals surface area contributed by atoms with Crippen LogP contribution in [0.1, 0.15) is 24.0 Å². The van der Waals surface area contributed by atoms with Crippen molar-refractivity contribution in [2.75, 3.05) is 25.6 Å². The highest BCUT2D eigenvalue weighted by Gasteiger charge is 2.50. The average molecular weight is 262 g/mol. The van der Waals surface area contributed by atoms with Gasteiger partial charge in [0.15, 0.2) is 0 Å². The third-order valence-corrected chi connectivity index (χ3v) is 4.16. The number of amides is 1. The third kappa shape index (κ3) is 2.32. The fourth-order valence-electron chi connectivity index (χ4n) is 2.32. The lowest BCUT2D eigenvalue weighted by atomic mass is 10.0. The highest BCUT2D eigenvalue weighted by atomic mass is 16.5. The first-order chi connectivity index (χ1) is 8.95. The number of carbonyl (C=O) groups is 1. The highest BCUT2D eigenvalue weighted by Crippen LogP contribution is 2.47. The van der Waals surface area contributed by atoms with Crippen LogP contribution >= 0.6 is 0 Å². The van der Waals surface area contributed by atoms with Gasteiger partial charge in [0.1, 0.15) is 5.75 Å². The number of rotatable bonds is 4. The molecule has 0 heterocycles. The van der Waals surface area contributed by atoms with Crippen molar-refractivity contribution in [2.45, 2.75) is 26.7 Å². The number of ether oxygens (including phenoxy) is 1. The summed E-state index contributed by atoms with van der Waals surface area (Å²) in [6.45, 7) is 4.49. The summed E-state index contributed by atoms with van der Waals surface area (Å²) in [4.78, 5) is 14.2. The van der Waals surface area contributed by atoms with Crippen LogP contribution in [0, 0.1) is 19.3 Å². The van der Waals surface area contributed by atoms with E-state index in [1.54, 1.807) is 19.1 Å². The van der Waals surface area contributed by atoms with Gasteiger partial charge in [-0.05, 0) is 49.9 Å². The summed E-state index contributed by atoms with van der Waals surface area (Å²) in [7, 11) is 3.42. The molecule has 0 saturated heterocycles. The summed E-state index contributed by atoms with van der Waals surface area (Å²) < 4.78 is 5.39. The number of anilines is 1. The average Bonchev–Trinajstić information content (AvgIpc) is 3.20. The van der Waals surface area contributed by atoms with Gasteiger partial charge in [0.05, 0.1) is 18.2 Å². The Kier molecular flexibility index (Phi) is 3.54. The number of aryl methyl sites for hydroxylation is 2. The van der Waals surface area contributed by atoms with Crippen LogP contribution in [-0.4, -0.2) is 26.6 Å². The summed E-state index contributed by atoms with van der Waals surface area (Å²) in [5, 5.41) is 0. The molecule has 1 aromatic carbocycles. The molecule has 0 aliphatic heterocycles. The second-order valence-electron chi connectivity index (χ2n) is 5.46. The number of hydrogen-bond donors (Lipinski definition) is 1. The van der Waals surface area contributed by atoms with Crippen molar-refractivity contribution in [1.82, 2.24) is 0 Å². The Morgan fingerprint density at radius 3 is 2.42 bits per heavy atom. The summed E-state index contributed by atoms with van der Waals surface area (Å²) in [6.07, 6.45) is 1.78. The second kappa shape index (κ2) is 4.85. The molecule has 0 unspecified atom stereocenters. The van der Waals surface area contributed by atoms with Gasteiger partial charge in [-0.1, -0.05) is 0 Å². The van der Waals surface area contributed by atoms with Crippen molar-refractivity contribution in [3.8, 4) is 5.75 Å². The number of methoxy groups -OCH3 is 1. The minimum atomic E-state index is -0.335. The van der Waals surface area contributed by atoms with Crippen LogP contribution in [0.5, 0.6) is 5.75 Å². The van der Waals surface area contributed by atoms with Crippen molar-refractivity contribution in [1.29, 1.82) is 0 Å². The molecule has 1 fully saturated rings. The predicted molar refractivity (Wildman–Crippen MR) is 76.6 cm³/mol. The van der Waals surface area contributed by atoms with E-state index in [2.05, 4.69) is 0 Å². The molecule has 2 rings (SSSR count). The van der Waals surface area contributed by atoms with Crippen LogP contribution in [0.4, 0.5) is 5.69 Å². The van der Waals surface area contributed by atoms with E-state index >= 15 is 0 Å². The van der Waals surface area contributed by atoms with E-state index < -0.39 is 0 Å². The first-order valence-electron chi connectivity index (χ1n) is 6.58. The van der Waals surface area contributed by atoms with E-state index in [0.717, 1.165) is 35.4 Å². The van der Waals surface area contributed by atoms with E-state index in [0.29, 0.717) is 6.54 Å². The van der Waals surface area contributed by atoms with Crippen molar-refractivity contribution >= 4 is 11.6 Å². The molecule has 0 atom stereocenters. The lowest BCUT2D eigenvalue weighted by molar-refractivity contribution is -0.123. The highest BCUT2D eigenvalue weighted by molar-refractivity contribution is 6.00. The van der Waals surface area contributed by atoms with Gasteiger partial charge < -0.3 is 15.4 Å². The zero-order valence-corrected chi connectivity index (χ0v) is 12.1. The molecule has 1 aromatic rings. The van der Waals surface area contributed by atoms with E-state index in [-0.39, 0.29) is 11.3 Å². The number of benzene rings is 1. The number of hydrogen-bond acceptors (Lipinski definition) is 3. The summed E-state index contributed by atoms with van der Waals surface area (Å²) in [6, 6.07) is 3.97. The second-order valence-corrected chi connectivity index (χ2v) is 5.46. The number of nitrogens with zero attached hydrogens (tertiary/aromatic N) is 1. The zero-order valence-electron chi connectivity index (χ0n) is 12.1. The van der Waals surface area contributed by atoms with Crippen LogP contribution in [0.2, 0.25) is 0 Å². The van der Waals surface area contributed by atoms with Gasteiger partial charge in [-0.2, -0.15) is 0 Å². The van der Waals surface area contributed by atoms with E-state index in [9.17, 15) is 4.79 Å². The van der Waals surface area contributed by atoms with Gasteiger partial charge in [-0.15, -0.1) is 0 Å². The molecule has 19 heavy (non-hydrogen) atoms. The van der Waals surface area contributed by atoms with E-state index in [1.807, 2.05) is 26.0 Å². The van der Waals surface area contributed by atoms with Gasteiger partial charge >= 0.3 is 0 Å². The number of carbonyl (C=O) groups excluding carboxylic acids is 1. The minimum absolute atomic E-state index is 0.0940. The standard InChI is InChI=1S/C15H22N2O2/c1-10-7-12(13(19-4)8-11(10)2)17(3)14(18)15(9-16)5-6-15/h7-8H,5-6,9,16H2,1-4H3. The Bertz CT molecular complexity index is 507. The maximum atomic E-state index is 12.5. The van der Waals surface area contributed by atoms with Crippen molar-refractivity contribution < 1.29 is 9.53 Å². The van der Waals surface area contributed by atoms with Gasteiger partial charge in [0, 0.05) is 13.6 Å². The molecule has 2 N–H and O–H groups in total. The van der Waals surface area contributed by atoms with Gasteiger partial charge in [-0.3, -0.25) is 4.79 Å². The zero-order chi connectivity index (χ0) is 14.2. The molecular weight excluding hydrogens is 240 g/mol. The maximum absolute atomic E-state index is 12.5. The summed E-state index contributed by atoms with van der Waals surface area (Å²) in [5.74, 6) is 0.823. The lowest BCUT2D eigenvalue weighted by Crippen LogP contribution is -2.38. The Morgan fingerprint density at radius 1 is 1.37 bits per heavy atom. The van der Waals surface area contributed by atoms with Crippen LogP contribution in [0.25, 0.3) is 0 Å². The lowest BCUT2D eigenvalue weighted by Gasteiger charge is -2.25. The van der Waals surface area contributed by atoms with Crippen molar-refractivity contribution in [3.63, 3.8) is 0 Å². The van der Waals surface area contributed by atoms with E-state index in [1.165, 1.54) is 0 Å². The van der Waals surface area contributed by atoms with Crippen molar-refractivity contribution in [3.05, 3.63) is 23.3 Å². The maximum Gasteiger partial charge on any atom is 0.234 e. The van der Waals surface area contributed by atoms with Crippen LogP contribution in [-0.2, 0) is 4.79 Å². The quantitative estimate of drug-likeness (QED) is 0.903. The first-order valence-corrected chi connectivity index (χ1v) is 6.58. The van der Waals surface area contributed by atoms with Crippen LogP contribution in [0.15, 0.2) is 12.1 Å². The molecule has 4 nitrogen and oxygen atoms in total. The molecule has 104 valence electrons. The van der Waals surface area contributed by atoms with Crippen LogP contribution in [0.3, 0.4) is 0 Å². The Morgan fingerprint density at radius 2 is 1.95 bits per heavy atom. The Labute approximate surface area is 114 Å². The molecule has 0 aromatic heterocycles. The van der Waals surface area contributed by atoms with Crippen LogP contribution < -0.4 is 15.4 Å². The number of nitrogens with two attached hydrogens (primary N) is 1. The normalized spacial score (nSPS) is 16.1. The van der Waals surface area contributed by atoms with Gasteiger partial charge in [0.2, 0.25) is 5.91 Å². The predicted octanol–water partition coefficient (Wildman–Crippen LogP) is 2.01. The summed E-state index contributed by atoms with van der Waals surface area (Å²) >= 11 is 0. The fourth-order valence-corrected chi connectivity index (χ4v) is 2.32. The molecule has 1 saturated carbocycles. The first kappa shape index (κ1) is 13.9. The van der Waals surface area contributed by atoms with Gasteiger partial charge in [0.25, 0.3) is 0 Å². The van der Waals surface area contributed by atoms with E-state index in [4.69, 9.17) is 10.5 Å². The Balaban J connectivity index is 2.36. The fraction of sp³-hybridized carbons (Fsp3) is 0.533. The molecule has 1 amide bonds. The molecular formula is C15H22N2O2.